The second-order valence-electron chi connectivity index (χ2n) is 4.26. The molecule has 0 saturated carbocycles. The molecule has 20 heavy (non-hydrogen) atoms. The molecule has 0 spiro atoms. The van der Waals surface area contributed by atoms with Crippen molar-refractivity contribution in [3.8, 4) is 0 Å². The van der Waals surface area contributed by atoms with Crippen molar-refractivity contribution in [2.45, 2.75) is 24.6 Å². The van der Waals surface area contributed by atoms with Crippen molar-refractivity contribution in [1.82, 2.24) is 14.9 Å². The first kappa shape index (κ1) is 17.0. The molecule has 2 N–H and O–H groups in total. The molecule has 0 aromatic carbocycles. The largest absolute Gasteiger partial charge is 0.385 e. The average Bonchev–Trinajstić information content (AvgIpc) is 2.84. The second-order valence-corrected chi connectivity index (χ2v) is 7.18. The third-order valence-corrected chi connectivity index (χ3v) is 4.88. The minimum Gasteiger partial charge on any atom is -0.385 e. The maximum absolute atomic E-state index is 11.9. The highest BCUT2D eigenvalue weighted by Crippen LogP contribution is 2.20. The molecule has 0 fully saturated rings. The van der Waals surface area contributed by atoms with Crippen LogP contribution in [0.4, 0.5) is 5.13 Å². The molecule has 0 aliphatic heterocycles. The zero-order chi connectivity index (χ0) is 15.2. The van der Waals surface area contributed by atoms with Gasteiger partial charge >= 0.3 is 0 Å². The molecule has 1 amide bonds. The summed E-state index contributed by atoms with van der Waals surface area (Å²) in [6, 6.07) is 0. The van der Waals surface area contributed by atoms with Crippen LogP contribution in [0.25, 0.3) is 0 Å². The van der Waals surface area contributed by atoms with Crippen LogP contribution in [-0.2, 0) is 19.6 Å². The Kier molecular flexibility index (Phi) is 6.46. The van der Waals surface area contributed by atoms with Crippen molar-refractivity contribution < 1.29 is 17.9 Å². The van der Waals surface area contributed by atoms with E-state index in [1.165, 1.54) is 0 Å². The normalized spacial score (nSPS) is 11.8. The van der Waals surface area contributed by atoms with Gasteiger partial charge in [0.2, 0.25) is 15.4 Å². The molecule has 1 aromatic rings. The van der Waals surface area contributed by atoms with E-state index in [0.717, 1.165) is 11.3 Å². The Balaban J connectivity index is 2.63. The van der Waals surface area contributed by atoms with Gasteiger partial charge in [-0.1, -0.05) is 25.2 Å². The number of hydrogen-bond donors (Lipinski definition) is 2. The number of nitrogens with one attached hydrogen (secondary N) is 2. The summed E-state index contributed by atoms with van der Waals surface area (Å²) in [5, 5.41) is 9.88. The molecule has 0 unspecified atom stereocenters. The second kappa shape index (κ2) is 7.62. The fourth-order valence-electron chi connectivity index (χ4n) is 1.10. The van der Waals surface area contributed by atoms with E-state index in [9.17, 15) is 13.2 Å². The number of aromatic nitrogens is 2. The van der Waals surface area contributed by atoms with Crippen LogP contribution in [-0.4, -0.2) is 44.8 Å². The molecule has 1 aromatic heterocycles. The van der Waals surface area contributed by atoms with Crippen molar-refractivity contribution in [3.63, 3.8) is 0 Å². The van der Waals surface area contributed by atoms with E-state index >= 15 is 0 Å². The van der Waals surface area contributed by atoms with Crippen LogP contribution in [0.15, 0.2) is 4.34 Å². The zero-order valence-corrected chi connectivity index (χ0v) is 13.2. The SMILES string of the molecule is COCCCNS(=O)(=O)c1nnc(NC(=O)C(C)C)s1. The maximum Gasteiger partial charge on any atom is 0.269 e. The first-order valence-electron chi connectivity index (χ1n) is 6.00. The maximum atomic E-state index is 11.9. The predicted octanol–water partition coefficient (Wildman–Crippen LogP) is 0.447. The molecule has 10 heteroatoms. The summed E-state index contributed by atoms with van der Waals surface area (Å²) in [7, 11) is -2.14. The van der Waals surface area contributed by atoms with E-state index in [1.54, 1.807) is 21.0 Å². The molecule has 0 aliphatic rings. The summed E-state index contributed by atoms with van der Waals surface area (Å²) in [6.45, 7) is 4.18. The number of amides is 1. The summed E-state index contributed by atoms with van der Waals surface area (Å²) in [5.74, 6) is -0.454. The van der Waals surface area contributed by atoms with Gasteiger partial charge in [-0.3, -0.25) is 4.79 Å². The lowest BCUT2D eigenvalue weighted by atomic mass is 10.2. The van der Waals surface area contributed by atoms with Gasteiger partial charge in [-0.2, -0.15) is 0 Å². The highest BCUT2D eigenvalue weighted by atomic mass is 32.2. The fraction of sp³-hybridized carbons (Fsp3) is 0.700. The van der Waals surface area contributed by atoms with E-state index < -0.39 is 10.0 Å². The molecule has 0 bridgehead atoms. The third kappa shape index (κ3) is 5.12. The van der Waals surface area contributed by atoms with Crippen molar-refractivity contribution in [2.75, 3.05) is 25.6 Å². The summed E-state index contributed by atoms with van der Waals surface area (Å²) >= 11 is 0.813. The number of carbonyl (C=O) groups is 1. The number of sulfonamides is 1. The van der Waals surface area contributed by atoms with Gasteiger partial charge in [0.05, 0.1) is 0 Å². The summed E-state index contributed by atoms with van der Waals surface area (Å²) in [4.78, 5) is 11.5. The number of methoxy groups -OCH3 is 1. The molecule has 0 saturated heterocycles. The van der Waals surface area contributed by atoms with Crippen LogP contribution < -0.4 is 10.0 Å². The van der Waals surface area contributed by atoms with Gasteiger partial charge in [0.15, 0.2) is 0 Å². The lowest BCUT2D eigenvalue weighted by molar-refractivity contribution is -0.118. The molecular weight excluding hydrogens is 304 g/mol. The van der Waals surface area contributed by atoms with Gasteiger partial charge in [-0.15, -0.1) is 10.2 Å². The minimum absolute atomic E-state index is 0.168. The molecule has 0 radical (unpaired) electrons. The lowest BCUT2D eigenvalue weighted by Crippen LogP contribution is -2.25. The summed E-state index contributed by atoms with van der Waals surface area (Å²) < 4.78 is 30.8. The quantitative estimate of drug-likeness (QED) is 0.531. The first-order chi connectivity index (χ1) is 9.36. The number of carbonyl (C=O) groups excluding carboxylic acids is 1. The van der Waals surface area contributed by atoms with E-state index in [4.69, 9.17) is 4.74 Å². The number of rotatable bonds is 8. The molecule has 1 rings (SSSR count). The zero-order valence-electron chi connectivity index (χ0n) is 11.5. The Morgan fingerprint density at radius 3 is 2.70 bits per heavy atom. The van der Waals surface area contributed by atoms with Crippen LogP contribution in [0.1, 0.15) is 20.3 Å². The highest BCUT2D eigenvalue weighted by molar-refractivity contribution is 7.91. The van der Waals surface area contributed by atoms with E-state index in [1.807, 2.05) is 0 Å². The fourth-order valence-corrected chi connectivity index (χ4v) is 3.12. The van der Waals surface area contributed by atoms with Crippen molar-refractivity contribution in [3.05, 3.63) is 0 Å². The summed E-state index contributed by atoms with van der Waals surface area (Å²) in [6.07, 6.45) is 0.561. The Morgan fingerprint density at radius 1 is 1.40 bits per heavy atom. The Bertz CT molecular complexity index is 541. The summed E-state index contributed by atoms with van der Waals surface area (Å²) in [5.41, 5.74) is 0. The Hall–Kier alpha value is -1.10. The number of ether oxygens (including phenoxy) is 1. The van der Waals surface area contributed by atoms with Crippen molar-refractivity contribution in [1.29, 1.82) is 0 Å². The lowest BCUT2D eigenvalue weighted by Gasteiger charge is -2.03. The van der Waals surface area contributed by atoms with Crippen molar-refractivity contribution >= 4 is 32.4 Å². The number of anilines is 1. The van der Waals surface area contributed by atoms with Gasteiger partial charge < -0.3 is 10.1 Å². The highest BCUT2D eigenvalue weighted by Gasteiger charge is 2.20. The van der Waals surface area contributed by atoms with E-state index in [0.29, 0.717) is 13.0 Å². The van der Waals surface area contributed by atoms with Crippen molar-refractivity contribution in [2.24, 2.45) is 5.92 Å². The average molecular weight is 322 g/mol. The molecule has 114 valence electrons. The Morgan fingerprint density at radius 2 is 2.10 bits per heavy atom. The molecule has 1 heterocycles. The van der Waals surface area contributed by atoms with Gasteiger partial charge in [0.1, 0.15) is 0 Å². The van der Waals surface area contributed by atoms with Gasteiger partial charge in [0, 0.05) is 26.2 Å². The first-order valence-corrected chi connectivity index (χ1v) is 8.29. The van der Waals surface area contributed by atoms with Crippen LogP contribution in [0, 0.1) is 5.92 Å². The van der Waals surface area contributed by atoms with Gasteiger partial charge in [-0.05, 0) is 6.42 Å². The van der Waals surface area contributed by atoms with Gasteiger partial charge in [-0.25, -0.2) is 13.1 Å². The molecular formula is C10H18N4O4S2. The molecule has 0 aliphatic carbocycles. The molecule has 0 atom stereocenters. The predicted molar refractivity (Wildman–Crippen MR) is 75.1 cm³/mol. The van der Waals surface area contributed by atoms with Crippen LogP contribution in [0.5, 0.6) is 0 Å². The molecule has 8 nitrogen and oxygen atoms in total. The smallest absolute Gasteiger partial charge is 0.269 e. The Labute approximate surface area is 122 Å². The minimum atomic E-state index is -3.69. The number of nitrogens with zero attached hydrogens (tertiary/aromatic N) is 2. The van der Waals surface area contributed by atoms with Crippen LogP contribution in [0.3, 0.4) is 0 Å². The third-order valence-electron chi connectivity index (χ3n) is 2.21. The van der Waals surface area contributed by atoms with Gasteiger partial charge in [0.25, 0.3) is 10.0 Å². The monoisotopic (exact) mass is 322 g/mol. The number of hydrogen-bond acceptors (Lipinski definition) is 7. The van der Waals surface area contributed by atoms with E-state index in [-0.39, 0.29) is 27.8 Å². The standard InChI is InChI=1S/C10H18N4O4S2/c1-7(2)8(15)12-9-13-14-10(19-9)20(16,17)11-5-4-6-18-3/h7,11H,4-6H2,1-3H3,(H,12,13,15). The van der Waals surface area contributed by atoms with Crippen LogP contribution in [0.2, 0.25) is 0 Å². The van der Waals surface area contributed by atoms with E-state index in [2.05, 4.69) is 20.2 Å². The topological polar surface area (TPSA) is 110 Å². The van der Waals surface area contributed by atoms with Crippen LogP contribution >= 0.6 is 11.3 Å².